The van der Waals surface area contributed by atoms with Crippen molar-refractivity contribution in [1.82, 2.24) is 24.8 Å². The number of H-pyrrole nitrogens is 2. The number of carbonyl (C=O) groups excluding carboxylic acids is 2. The fourth-order valence-corrected chi connectivity index (χ4v) is 9.52. The molecule has 2 N–H and O–H groups in total. The molecule has 4 atom stereocenters. The number of aromatic amines is 2. The number of aromatic nitrogens is 4. The summed E-state index contributed by atoms with van der Waals surface area (Å²) in [7, 11) is 0. The number of hydrogen-bond acceptors (Lipinski definition) is 5. The number of fused-ring (bicyclic) bond motifs is 8. The Labute approximate surface area is 386 Å². The van der Waals surface area contributed by atoms with Crippen LogP contribution in [0.5, 0.6) is 0 Å². The minimum Gasteiger partial charge on any atom is -0.362 e. The maximum atomic E-state index is 14.8. The van der Waals surface area contributed by atoms with E-state index in [9.17, 15) is 62.3 Å². The van der Waals surface area contributed by atoms with Crippen LogP contribution in [0.25, 0.3) is 22.2 Å². The highest BCUT2D eigenvalue weighted by Gasteiger charge is 2.43. The molecule has 8 rings (SSSR count). The van der Waals surface area contributed by atoms with E-state index in [2.05, 4.69) is 15.0 Å². The maximum Gasteiger partial charge on any atom is 0.416 e. The molecule has 0 aliphatic carbocycles. The highest BCUT2D eigenvalue weighted by molar-refractivity contribution is 6.29. The van der Waals surface area contributed by atoms with Crippen molar-refractivity contribution >= 4 is 39.7 Å². The molecule has 4 aliphatic heterocycles. The van der Waals surface area contributed by atoms with E-state index in [0.29, 0.717) is 86.3 Å². The standard InChI is InChI=1S/C49H42F12N6O2/c1-8-32-22(4)34-17-38-39(25(7)62-18-26-9-28(46(50,51)52)13-29(10-26)47(53,54)55)23(5)35(64-38)15-33-20(2)21(3)42(65-33)41-43-40(24(6)36(66-43)16-37(32)63-34)44(68)67(45(41)69)19-27-11-30(48(56,57)58)14-31(12-27)49(59,60)61/h9-17,20-22,32,63,66H,8,18-19H2,1-7H3/t20-,21?,22?,32?/m0/s1. The number of alkyl halides is 12. The minimum absolute atomic E-state index is 0.0180. The molecule has 69 heavy (non-hydrogen) atoms. The number of allylic oxidation sites excluding steroid dienone is 2. The Morgan fingerprint density at radius 1 is 0.638 bits per heavy atom. The smallest absolute Gasteiger partial charge is 0.362 e. The Kier molecular flexibility index (Phi) is 12.0. The third-order valence-corrected chi connectivity index (χ3v) is 13.5. The summed E-state index contributed by atoms with van der Waals surface area (Å²) in [6, 6.07) is 7.37. The Hall–Kier alpha value is -6.47. The molecule has 2 amide bonds. The van der Waals surface area contributed by atoms with Crippen molar-refractivity contribution in [3.63, 3.8) is 0 Å². The number of hydrogen-bond donors (Lipinski definition) is 2. The summed E-state index contributed by atoms with van der Waals surface area (Å²) in [6.45, 7) is 10.9. The summed E-state index contributed by atoms with van der Waals surface area (Å²) >= 11 is 0. The fraction of sp³-hybridized carbons (Fsp3) is 0.367. The van der Waals surface area contributed by atoms with E-state index in [4.69, 9.17) is 9.97 Å². The van der Waals surface area contributed by atoms with Gasteiger partial charge in [-0.1, -0.05) is 27.7 Å². The lowest BCUT2D eigenvalue weighted by Gasteiger charge is -2.27. The number of nitrogens with one attached hydrogen (secondary N) is 2. The predicted molar refractivity (Wildman–Crippen MR) is 232 cm³/mol. The van der Waals surface area contributed by atoms with Gasteiger partial charge in [-0.05, 0) is 104 Å². The van der Waals surface area contributed by atoms with Crippen LogP contribution in [-0.2, 0) is 37.8 Å². The molecule has 0 fully saturated rings. The molecule has 2 aromatic heterocycles. The van der Waals surface area contributed by atoms with Gasteiger partial charge in [0.15, 0.2) is 0 Å². The minimum atomic E-state index is -5.19. The van der Waals surface area contributed by atoms with Crippen LogP contribution in [0.4, 0.5) is 52.7 Å². The van der Waals surface area contributed by atoms with E-state index in [1.165, 1.54) is 0 Å². The van der Waals surface area contributed by atoms with E-state index >= 15 is 0 Å². The van der Waals surface area contributed by atoms with Gasteiger partial charge in [-0.3, -0.25) is 24.5 Å². The Morgan fingerprint density at radius 3 is 1.71 bits per heavy atom. The molecular weight excluding hydrogens is 933 g/mol. The van der Waals surface area contributed by atoms with Gasteiger partial charge in [0.25, 0.3) is 11.8 Å². The molecule has 364 valence electrons. The van der Waals surface area contributed by atoms with E-state index in [-0.39, 0.29) is 57.6 Å². The molecule has 0 saturated carbocycles. The number of nitrogens with zero attached hydrogens (tertiary/aromatic N) is 4. The van der Waals surface area contributed by atoms with Crippen LogP contribution in [0.3, 0.4) is 0 Å². The SMILES string of the molecule is CCC1c2cc3[nH]c4c(c5nc(cc6nc(cc([nH]2)C1C)C(C(C)=NCc1cc(C(F)(F)F)cc(C(F)(F)F)c1)=C6C)[C@@H](C)C5C)C(=O)N(Cc1cc(C(F)(F)F)cc(C(F)(F)F)c1)C(=O)c4c3C. The van der Waals surface area contributed by atoms with Crippen LogP contribution in [0.1, 0.15) is 165 Å². The van der Waals surface area contributed by atoms with Gasteiger partial charge >= 0.3 is 24.7 Å². The summed E-state index contributed by atoms with van der Waals surface area (Å²) < 4.78 is 166. The molecule has 20 heteroatoms. The lowest BCUT2D eigenvalue weighted by atomic mass is 9.88. The average Bonchev–Trinajstić information content (AvgIpc) is 3.93. The summed E-state index contributed by atoms with van der Waals surface area (Å²) in [6.07, 6.45) is -19.9. The van der Waals surface area contributed by atoms with E-state index in [1.54, 1.807) is 45.9 Å². The summed E-state index contributed by atoms with van der Waals surface area (Å²) in [5.74, 6) is -3.35. The number of aryl methyl sites for hydroxylation is 1. The summed E-state index contributed by atoms with van der Waals surface area (Å²) in [4.78, 5) is 50.9. The van der Waals surface area contributed by atoms with Crippen molar-refractivity contribution in [3.8, 4) is 0 Å². The topological polar surface area (TPSA) is 107 Å². The van der Waals surface area contributed by atoms with E-state index in [1.807, 2.05) is 20.8 Å². The zero-order valence-corrected chi connectivity index (χ0v) is 37.8. The van der Waals surface area contributed by atoms with Gasteiger partial charge in [-0.15, -0.1) is 0 Å². The third kappa shape index (κ3) is 8.90. The number of carbonyl (C=O) groups is 2. The zero-order chi connectivity index (χ0) is 50.6. The third-order valence-electron chi connectivity index (χ3n) is 13.5. The predicted octanol–water partition coefficient (Wildman–Crippen LogP) is 14.0. The second-order valence-corrected chi connectivity index (χ2v) is 17.9. The van der Waals surface area contributed by atoms with Gasteiger partial charge in [-0.2, -0.15) is 52.7 Å². The summed E-state index contributed by atoms with van der Waals surface area (Å²) in [5, 5.41) is 0. The van der Waals surface area contributed by atoms with Crippen LogP contribution < -0.4 is 0 Å². The number of amides is 2. The molecule has 0 radical (unpaired) electrons. The zero-order valence-electron chi connectivity index (χ0n) is 37.8. The van der Waals surface area contributed by atoms with Gasteiger partial charge in [0.05, 0.1) is 69.1 Å². The lowest BCUT2D eigenvalue weighted by molar-refractivity contribution is -0.144. The van der Waals surface area contributed by atoms with Crippen molar-refractivity contribution in [3.05, 3.63) is 139 Å². The fourth-order valence-electron chi connectivity index (χ4n) is 9.52. The van der Waals surface area contributed by atoms with Crippen molar-refractivity contribution in [1.29, 1.82) is 0 Å². The number of rotatable bonds is 6. The first-order chi connectivity index (χ1) is 32.0. The van der Waals surface area contributed by atoms with E-state index < -0.39 is 89.3 Å². The molecule has 4 aliphatic rings. The molecule has 6 heterocycles. The van der Waals surface area contributed by atoms with Gasteiger partial charge in [-0.25, -0.2) is 4.98 Å². The number of imide groups is 1. The quantitative estimate of drug-likeness (QED) is 0.114. The van der Waals surface area contributed by atoms with Crippen LogP contribution in [-0.4, -0.2) is 42.4 Å². The first kappa shape index (κ1) is 49.0. The summed E-state index contributed by atoms with van der Waals surface area (Å²) in [5.41, 5.74) is -2.54. The second-order valence-electron chi connectivity index (χ2n) is 17.9. The highest BCUT2D eigenvalue weighted by atomic mass is 19.4. The first-order valence-corrected chi connectivity index (χ1v) is 21.7. The number of aliphatic imine (C=N–C) groups is 1. The molecule has 0 spiro atoms. The number of benzene rings is 2. The van der Waals surface area contributed by atoms with Gasteiger partial charge in [0.1, 0.15) is 0 Å². The van der Waals surface area contributed by atoms with Crippen LogP contribution in [0.15, 0.2) is 59.6 Å². The molecule has 8 bridgehead atoms. The van der Waals surface area contributed by atoms with Crippen LogP contribution >= 0.6 is 0 Å². The monoisotopic (exact) mass is 974 g/mol. The second kappa shape index (κ2) is 16.9. The Balaban J connectivity index is 1.35. The molecule has 3 unspecified atom stereocenters. The highest BCUT2D eigenvalue weighted by Crippen LogP contribution is 2.45. The molecule has 0 saturated heterocycles. The van der Waals surface area contributed by atoms with Crippen molar-refractivity contribution < 1.29 is 62.3 Å². The largest absolute Gasteiger partial charge is 0.416 e. The van der Waals surface area contributed by atoms with Crippen molar-refractivity contribution in [2.24, 2.45) is 4.99 Å². The van der Waals surface area contributed by atoms with Gasteiger partial charge in [0, 0.05) is 57.6 Å². The molecule has 4 aromatic rings. The Morgan fingerprint density at radius 2 is 1.17 bits per heavy atom. The molecule has 8 nitrogen and oxygen atoms in total. The van der Waals surface area contributed by atoms with Crippen LogP contribution in [0, 0.1) is 6.92 Å². The Bertz CT molecular complexity index is 3030. The van der Waals surface area contributed by atoms with Gasteiger partial charge < -0.3 is 9.97 Å². The number of halogens is 12. The maximum absolute atomic E-state index is 14.8. The van der Waals surface area contributed by atoms with Gasteiger partial charge in [0.2, 0.25) is 0 Å². The lowest BCUT2D eigenvalue weighted by Crippen LogP contribution is -2.40. The molecule has 2 aromatic carbocycles. The van der Waals surface area contributed by atoms with Crippen molar-refractivity contribution in [2.75, 3.05) is 0 Å². The van der Waals surface area contributed by atoms with Crippen molar-refractivity contribution in [2.45, 2.75) is 116 Å². The average molecular weight is 975 g/mol. The van der Waals surface area contributed by atoms with Crippen LogP contribution in [0.2, 0.25) is 0 Å². The normalized spacial score (nSPS) is 19.8. The first-order valence-electron chi connectivity index (χ1n) is 21.7. The molecular formula is C49H42F12N6O2. The van der Waals surface area contributed by atoms with E-state index in [0.717, 1.165) is 0 Å².